The predicted molar refractivity (Wildman–Crippen MR) is 125 cm³/mol. The van der Waals surface area contributed by atoms with Gasteiger partial charge in [-0.15, -0.1) is 0 Å². The summed E-state index contributed by atoms with van der Waals surface area (Å²) < 4.78 is 41.1. The van der Waals surface area contributed by atoms with Crippen LogP contribution >= 0.6 is 0 Å². The monoisotopic (exact) mass is 471 g/mol. The molecule has 0 amide bonds. The number of nitrogens with zero attached hydrogens (tertiary/aromatic N) is 6. The molecule has 8 nitrogen and oxygen atoms in total. The van der Waals surface area contributed by atoms with Crippen molar-refractivity contribution >= 4 is 35.2 Å². The smallest absolute Gasteiger partial charge is 0.354 e. The summed E-state index contributed by atoms with van der Waals surface area (Å²) in [6, 6.07) is 3.75. The van der Waals surface area contributed by atoms with E-state index >= 15 is 0 Å². The first-order chi connectivity index (χ1) is 16.3. The number of halogens is 3. The third-order valence-electron chi connectivity index (χ3n) is 6.53. The van der Waals surface area contributed by atoms with Gasteiger partial charge in [0, 0.05) is 38.2 Å². The Labute approximate surface area is 194 Å². The zero-order chi connectivity index (χ0) is 23.9. The highest BCUT2D eigenvalue weighted by Crippen LogP contribution is 2.45. The van der Waals surface area contributed by atoms with E-state index in [0.29, 0.717) is 11.5 Å². The van der Waals surface area contributed by atoms with Crippen LogP contribution in [-0.2, 0) is 4.79 Å². The fourth-order valence-electron chi connectivity index (χ4n) is 4.71. The van der Waals surface area contributed by atoms with Crippen LogP contribution < -0.4 is 10.2 Å². The maximum Gasteiger partial charge on any atom is 0.433 e. The van der Waals surface area contributed by atoms with Crippen LogP contribution in [0.25, 0.3) is 0 Å². The SMILES string of the molecule is CN1CCN(c2ccc(NC3=NC45N=CN=C(C(F)(F)F)C4=CCC(=O)C5CC=C3)cn2)CC1. The highest BCUT2D eigenvalue weighted by Gasteiger charge is 2.55. The van der Waals surface area contributed by atoms with Crippen molar-refractivity contribution in [3.8, 4) is 0 Å². The molecule has 4 aliphatic rings. The van der Waals surface area contributed by atoms with E-state index in [2.05, 4.69) is 42.1 Å². The van der Waals surface area contributed by atoms with Gasteiger partial charge < -0.3 is 15.1 Å². The first-order valence-corrected chi connectivity index (χ1v) is 11.1. The summed E-state index contributed by atoms with van der Waals surface area (Å²) in [7, 11) is 2.09. The molecule has 11 heteroatoms. The number of nitrogens with one attached hydrogen (secondary N) is 1. The Morgan fingerprint density at radius 1 is 1.18 bits per heavy atom. The second kappa shape index (κ2) is 8.46. The van der Waals surface area contributed by atoms with E-state index in [1.807, 2.05) is 12.1 Å². The molecule has 3 aliphatic heterocycles. The molecule has 4 heterocycles. The van der Waals surface area contributed by atoms with Gasteiger partial charge in [-0.2, -0.15) is 13.2 Å². The number of amidine groups is 1. The van der Waals surface area contributed by atoms with Crippen LogP contribution in [0.5, 0.6) is 0 Å². The number of carbonyl (C=O) groups excluding carboxylic acids is 1. The van der Waals surface area contributed by atoms with Gasteiger partial charge in [-0.05, 0) is 31.7 Å². The second-order valence-electron chi connectivity index (χ2n) is 8.74. The molecule has 5 rings (SSSR count). The number of Topliss-reactive ketones (excluding diaryl/α,β-unsaturated/α-hetero) is 1. The fourth-order valence-corrected chi connectivity index (χ4v) is 4.71. The normalized spacial score (nSPS) is 27.3. The number of aliphatic imine (C=N–C) groups is 3. The van der Waals surface area contributed by atoms with Gasteiger partial charge >= 0.3 is 6.18 Å². The van der Waals surface area contributed by atoms with Gasteiger partial charge in [0.25, 0.3) is 0 Å². The van der Waals surface area contributed by atoms with Crippen molar-refractivity contribution < 1.29 is 18.0 Å². The lowest BCUT2D eigenvalue weighted by Crippen LogP contribution is -2.50. The van der Waals surface area contributed by atoms with Gasteiger partial charge in [-0.25, -0.2) is 20.0 Å². The molecule has 1 saturated heterocycles. The van der Waals surface area contributed by atoms with Crippen LogP contribution in [0.15, 0.2) is 57.1 Å². The number of piperazine rings is 1. The minimum Gasteiger partial charge on any atom is -0.354 e. The molecule has 1 N–H and O–H groups in total. The first kappa shape index (κ1) is 22.5. The van der Waals surface area contributed by atoms with E-state index < -0.39 is 23.5 Å². The summed E-state index contributed by atoms with van der Waals surface area (Å²) in [6.07, 6.45) is 2.66. The van der Waals surface area contributed by atoms with Crippen LogP contribution in [0.1, 0.15) is 12.8 Å². The summed E-state index contributed by atoms with van der Waals surface area (Å²) in [5.41, 5.74) is -2.28. The van der Waals surface area contributed by atoms with E-state index in [4.69, 9.17) is 0 Å². The Morgan fingerprint density at radius 3 is 2.68 bits per heavy atom. The summed E-state index contributed by atoms with van der Waals surface area (Å²) in [5, 5.41) is 3.13. The highest BCUT2D eigenvalue weighted by molar-refractivity contribution is 6.14. The third kappa shape index (κ3) is 4.04. The van der Waals surface area contributed by atoms with E-state index in [1.54, 1.807) is 18.3 Å². The third-order valence-corrected chi connectivity index (χ3v) is 6.53. The van der Waals surface area contributed by atoms with Gasteiger partial charge in [-0.1, -0.05) is 12.2 Å². The van der Waals surface area contributed by atoms with Crippen LogP contribution in [0.4, 0.5) is 24.7 Å². The number of rotatable bonds is 2. The second-order valence-corrected chi connectivity index (χ2v) is 8.74. The lowest BCUT2D eigenvalue weighted by molar-refractivity contribution is -0.124. The summed E-state index contributed by atoms with van der Waals surface area (Å²) in [5.74, 6) is 0.140. The Bertz CT molecular complexity index is 1130. The number of ketones is 1. The molecule has 0 bridgehead atoms. The summed E-state index contributed by atoms with van der Waals surface area (Å²) in [4.78, 5) is 34.0. The van der Waals surface area contributed by atoms with E-state index in [9.17, 15) is 18.0 Å². The maximum absolute atomic E-state index is 13.7. The minimum absolute atomic E-state index is 0.101. The fraction of sp³-hybridized carbons (Fsp3) is 0.435. The Morgan fingerprint density at radius 2 is 1.97 bits per heavy atom. The minimum atomic E-state index is -4.68. The van der Waals surface area contributed by atoms with Crippen molar-refractivity contribution in [2.75, 3.05) is 43.4 Å². The topological polar surface area (TPSA) is 85.5 Å². The van der Waals surface area contributed by atoms with Crippen LogP contribution in [0.2, 0.25) is 0 Å². The molecule has 0 radical (unpaired) electrons. The molecule has 1 aromatic heterocycles. The highest BCUT2D eigenvalue weighted by atomic mass is 19.4. The molecule has 178 valence electrons. The molecule has 1 spiro atoms. The lowest BCUT2D eigenvalue weighted by Gasteiger charge is -2.39. The number of alkyl halides is 3. The van der Waals surface area contributed by atoms with Crippen molar-refractivity contribution in [3.63, 3.8) is 0 Å². The number of hydrogen-bond donors (Lipinski definition) is 1. The number of aromatic nitrogens is 1. The number of allylic oxidation sites excluding steroid dienone is 2. The molecule has 34 heavy (non-hydrogen) atoms. The van der Waals surface area contributed by atoms with E-state index in [0.717, 1.165) is 38.3 Å². The van der Waals surface area contributed by atoms with Crippen LogP contribution in [0.3, 0.4) is 0 Å². The summed E-state index contributed by atoms with van der Waals surface area (Å²) >= 11 is 0. The Kier molecular flexibility index (Phi) is 5.59. The molecule has 2 atom stereocenters. The Hall–Kier alpha value is -3.34. The molecule has 0 aromatic carbocycles. The average Bonchev–Trinajstić information content (AvgIpc) is 2.99. The average molecular weight is 471 g/mol. The molecule has 2 unspecified atom stereocenters. The van der Waals surface area contributed by atoms with E-state index in [1.165, 1.54) is 6.08 Å². The van der Waals surface area contributed by atoms with Gasteiger partial charge in [0.1, 0.15) is 23.8 Å². The van der Waals surface area contributed by atoms with Gasteiger partial charge in [0.05, 0.1) is 17.8 Å². The number of carbonyl (C=O) groups is 1. The van der Waals surface area contributed by atoms with Crippen molar-refractivity contribution in [1.29, 1.82) is 0 Å². The zero-order valence-electron chi connectivity index (χ0n) is 18.6. The maximum atomic E-state index is 13.7. The molecule has 1 fully saturated rings. The van der Waals surface area contributed by atoms with Gasteiger partial charge in [-0.3, -0.25) is 4.79 Å². The molecular weight excluding hydrogens is 447 g/mol. The quantitative estimate of drug-likeness (QED) is 0.717. The molecule has 1 aromatic rings. The first-order valence-electron chi connectivity index (χ1n) is 11.1. The molecule has 0 saturated carbocycles. The van der Waals surface area contributed by atoms with Crippen LogP contribution in [-0.4, -0.2) is 78.6 Å². The zero-order valence-corrected chi connectivity index (χ0v) is 18.6. The van der Waals surface area contributed by atoms with Gasteiger partial charge in [0.2, 0.25) is 0 Å². The van der Waals surface area contributed by atoms with Crippen molar-refractivity contribution in [2.24, 2.45) is 20.9 Å². The number of likely N-dealkylation sites (N-methyl/N-ethyl adjacent to an activating group) is 1. The Balaban J connectivity index is 1.43. The lowest BCUT2D eigenvalue weighted by atomic mass is 9.74. The van der Waals surface area contributed by atoms with Gasteiger partial charge in [0.15, 0.2) is 11.4 Å². The van der Waals surface area contributed by atoms with Crippen molar-refractivity contribution in [3.05, 3.63) is 42.1 Å². The largest absolute Gasteiger partial charge is 0.433 e. The van der Waals surface area contributed by atoms with Crippen molar-refractivity contribution in [2.45, 2.75) is 24.7 Å². The number of anilines is 2. The standard InChI is InChI=1S/C23H24F3N7O/c1-32-9-11-33(12-10-32)20-8-5-15(13-27-20)30-19-4-2-3-16-18(34)7-6-17-21(23(24,25)26)28-14-29-22(16,17)31-19/h2,4-6,8,13-14,16H,3,7,9-12H2,1H3,(H,30,31). The van der Waals surface area contributed by atoms with Crippen LogP contribution in [0, 0.1) is 5.92 Å². The summed E-state index contributed by atoms with van der Waals surface area (Å²) in [6.45, 7) is 3.70. The molecule has 1 aliphatic carbocycles. The molecular formula is C23H24F3N7O. The number of hydrogen-bond acceptors (Lipinski definition) is 8. The number of pyridine rings is 1. The van der Waals surface area contributed by atoms with E-state index in [-0.39, 0.29) is 24.2 Å². The van der Waals surface area contributed by atoms with Crippen molar-refractivity contribution in [1.82, 2.24) is 9.88 Å². The predicted octanol–water partition coefficient (Wildman–Crippen LogP) is 2.86.